The van der Waals surface area contributed by atoms with E-state index in [1.807, 2.05) is 16.9 Å². The fourth-order valence-electron chi connectivity index (χ4n) is 2.11. The molecule has 4 nitrogen and oxygen atoms in total. The number of aromatic nitrogens is 2. The molecule has 0 amide bonds. The van der Waals surface area contributed by atoms with Gasteiger partial charge in [0.15, 0.2) is 0 Å². The number of nitrogens with zero attached hydrogens (tertiary/aromatic N) is 2. The van der Waals surface area contributed by atoms with Crippen LogP contribution in [0, 0.1) is 0 Å². The third-order valence-corrected chi connectivity index (χ3v) is 3.23. The molecule has 2 rings (SSSR count). The first-order valence-electron chi connectivity index (χ1n) is 7.01. The van der Waals surface area contributed by atoms with Crippen LogP contribution in [0.3, 0.4) is 0 Å². The van der Waals surface area contributed by atoms with E-state index in [-0.39, 0.29) is 0 Å². The number of methoxy groups -OCH3 is 1. The van der Waals surface area contributed by atoms with Crippen LogP contribution in [-0.4, -0.2) is 16.9 Å². The SMILES string of the molecule is COCc1ccccc1CNCc1ccn(C(C)C)n1. The van der Waals surface area contributed by atoms with Gasteiger partial charge in [-0.15, -0.1) is 0 Å². The van der Waals surface area contributed by atoms with Crippen molar-refractivity contribution in [2.75, 3.05) is 7.11 Å². The average molecular weight is 273 g/mol. The standard InChI is InChI=1S/C16H23N3O/c1-13(2)19-9-8-16(18-19)11-17-10-14-6-4-5-7-15(14)12-20-3/h4-9,13,17H,10-12H2,1-3H3. The molecule has 2 aromatic rings. The minimum Gasteiger partial charge on any atom is -0.380 e. The van der Waals surface area contributed by atoms with Crippen LogP contribution >= 0.6 is 0 Å². The van der Waals surface area contributed by atoms with Gasteiger partial charge in [-0.2, -0.15) is 5.10 Å². The van der Waals surface area contributed by atoms with Crippen LogP contribution in [-0.2, 0) is 24.4 Å². The summed E-state index contributed by atoms with van der Waals surface area (Å²) in [6.45, 7) is 6.52. The molecule has 4 heteroatoms. The van der Waals surface area contributed by atoms with Crippen molar-refractivity contribution < 1.29 is 4.74 Å². The number of benzene rings is 1. The second kappa shape index (κ2) is 7.22. The maximum Gasteiger partial charge on any atom is 0.0762 e. The third-order valence-electron chi connectivity index (χ3n) is 3.23. The van der Waals surface area contributed by atoms with E-state index in [0.29, 0.717) is 12.6 Å². The molecule has 0 aliphatic rings. The van der Waals surface area contributed by atoms with Crippen molar-refractivity contribution in [2.24, 2.45) is 0 Å². The van der Waals surface area contributed by atoms with Crippen LogP contribution in [0.25, 0.3) is 0 Å². The molecule has 0 atom stereocenters. The lowest BCUT2D eigenvalue weighted by atomic mass is 10.1. The van der Waals surface area contributed by atoms with E-state index in [0.717, 1.165) is 18.8 Å². The first-order chi connectivity index (χ1) is 9.70. The topological polar surface area (TPSA) is 39.1 Å². The molecule has 0 unspecified atom stereocenters. The Morgan fingerprint density at radius 2 is 1.90 bits per heavy atom. The number of hydrogen-bond acceptors (Lipinski definition) is 3. The minimum atomic E-state index is 0.408. The Labute approximate surface area is 120 Å². The summed E-state index contributed by atoms with van der Waals surface area (Å²) in [5.74, 6) is 0. The molecule has 0 saturated heterocycles. The Morgan fingerprint density at radius 3 is 2.55 bits per heavy atom. The first kappa shape index (κ1) is 14.8. The summed E-state index contributed by atoms with van der Waals surface area (Å²) in [6, 6.07) is 10.8. The molecule has 0 aliphatic carbocycles. The Balaban J connectivity index is 1.89. The minimum absolute atomic E-state index is 0.408. The fraction of sp³-hybridized carbons (Fsp3) is 0.438. The molecule has 0 aliphatic heterocycles. The quantitative estimate of drug-likeness (QED) is 0.843. The van der Waals surface area contributed by atoms with Crippen LogP contribution in [0.5, 0.6) is 0 Å². The zero-order chi connectivity index (χ0) is 14.4. The molecule has 20 heavy (non-hydrogen) atoms. The number of hydrogen-bond donors (Lipinski definition) is 1. The maximum absolute atomic E-state index is 5.22. The summed E-state index contributed by atoms with van der Waals surface area (Å²) < 4.78 is 7.20. The highest BCUT2D eigenvalue weighted by molar-refractivity contribution is 5.26. The molecule has 0 fully saturated rings. The zero-order valence-corrected chi connectivity index (χ0v) is 12.5. The number of nitrogens with one attached hydrogen (secondary N) is 1. The summed E-state index contributed by atoms with van der Waals surface area (Å²) in [7, 11) is 1.72. The van der Waals surface area contributed by atoms with Crippen LogP contribution in [0.1, 0.15) is 36.7 Å². The second-order valence-corrected chi connectivity index (χ2v) is 5.19. The predicted octanol–water partition coefficient (Wildman–Crippen LogP) is 2.90. The lowest BCUT2D eigenvalue weighted by molar-refractivity contribution is 0.184. The van der Waals surface area contributed by atoms with Crippen molar-refractivity contribution >= 4 is 0 Å². The van der Waals surface area contributed by atoms with Gasteiger partial charge in [0.1, 0.15) is 0 Å². The van der Waals surface area contributed by atoms with Crippen LogP contribution < -0.4 is 5.32 Å². The van der Waals surface area contributed by atoms with Crippen molar-refractivity contribution in [1.29, 1.82) is 0 Å². The second-order valence-electron chi connectivity index (χ2n) is 5.19. The van der Waals surface area contributed by atoms with E-state index < -0.39 is 0 Å². The fourth-order valence-corrected chi connectivity index (χ4v) is 2.11. The summed E-state index contributed by atoms with van der Waals surface area (Å²) in [6.07, 6.45) is 2.03. The van der Waals surface area contributed by atoms with E-state index in [1.54, 1.807) is 7.11 Å². The smallest absolute Gasteiger partial charge is 0.0762 e. The van der Waals surface area contributed by atoms with Gasteiger partial charge in [-0.3, -0.25) is 4.68 Å². The Bertz CT molecular complexity index is 534. The predicted molar refractivity (Wildman–Crippen MR) is 80.3 cm³/mol. The van der Waals surface area contributed by atoms with Gasteiger partial charge in [0.2, 0.25) is 0 Å². The summed E-state index contributed by atoms with van der Waals surface area (Å²) >= 11 is 0. The molecule has 1 heterocycles. The molecule has 0 saturated carbocycles. The Kier molecular flexibility index (Phi) is 5.32. The van der Waals surface area contributed by atoms with Crippen molar-refractivity contribution in [3.63, 3.8) is 0 Å². The van der Waals surface area contributed by atoms with Gasteiger partial charge in [0, 0.05) is 32.4 Å². The molecule has 1 aromatic heterocycles. The largest absolute Gasteiger partial charge is 0.380 e. The van der Waals surface area contributed by atoms with Gasteiger partial charge in [-0.25, -0.2) is 0 Å². The molecular formula is C16H23N3O. The number of rotatable bonds is 7. The summed E-state index contributed by atoms with van der Waals surface area (Å²) in [4.78, 5) is 0. The molecule has 1 aromatic carbocycles. The van der Waals surface area contributed by atoms with E-state index in [2.05, 4.69) is 48.5 Å². The van der Waals surface area contributed by atoms with Gasteiger partial charge < -0.3 is 10.1 Å². The Morgan fingerprint density at radius 1 is 1.15 bits per heavy atom. The first-order valence-corrected chi connectivity index (χ1v) is 7.01. The van der Waals surface area contributed by atoms with Crippen molar-refractivity contribution in [3.8, 4) is 0 Å². The van der Waals surface area contributed by atoms with E-state index in [9.17, 15) is 0 Å². The van der Waals surface area contributed by atoms with E-state index in [1.165, 1.54) is 11.1 Å². The average Bonchev–Trinajstić information content (AvgIpc) is 2.90. The molecule has 1 N–H and O–H groups in total. The van der Waals surface area contributed by atoms with E-state index in [4.69, 9.17) is 4.74 Å². The van der Waals surface area contributed by atoms with Crippen LogP contribution in [0.2, 0.25) is 0 Å². The lowest BCUT2D eigenvalue weighted by Gasteiger charge is -2.09. The van der Waals surface area contributed by atoms with Crippen molar-refractivity contribution in [2.45, 2.75) is 39.6 Å². The zero-order valence-electron chi connectivity index (χ0n) is 12.5. The molecular weight excluding hydrogens is 250 g/mol. The van der Waals surface area contributed by atoms with Crippen molar-refractivity contribution in [1.82, 2.24) is 15.1 Å². The van der Waals surface area contributed by atoms with Gasteiger partial charge in [-0.05, 0) is 31.0 Å². The van der Waals surface area contributed by atoms with Gasteiger partial charge in [0.05, 0.1) is 12.3 Å². The highest BCUT2D eigenvalue weighted by Gasteiger charge is 2.03. The maximum atomic E-state index is 5.22. The third kappa shape index (κ3) is 3.92. The molecule has 0 radical (unpaired) electrons. The Hall–Kier alpha value is -1.65. The van der Waals surface area contributed by atoms with E-state index >= 15 is 0 Å². The van der Waals surface area contributed by atoms with Gasteiger partial charge >= 0.3 is 0 Å². The lowest BCUT2D eigenvalue weighted by Crippen LogP contribution is -2.15. The van der Waals surface area contributed by atoms with Crippen LogP contribution in [0.4, 0.5) is 0 Å². The van der Waals surface area contributed by atoms with Gasteiger partial charge in [-0.1, -0.05) is 24.3 Å². The van der Waals surface area contributed by atoms with Crippen LogP contribution in [0.15, 0.2) is 36.5 Å². The number of ether oxygens (including phenoxy) is 1. The summed E-state index contributed by atoms with van der Waals surface area (Å²) in [5, 5.41) is 7.97. The highest BCUT2D eigenvalue weighted by Crippen LogP contribution is 2.10. The normalized spacial score (nSPS) is 11.2. The summed E-state index contributed by atoms with van der Waals surface area (Å²) in [5.41, 5.74) is 3.58. The molecule has 0 bridgehead atoms. The molecule has 0 spiro atoms. The van der Waals surface area contributed by atoms with Crippen molar-refractivity contribution in [3.05, 3.63) is 53.3 Å². The van der Waals surface area contributed by atoms with Gasteiger partial charge in [0.25, 0.3) is 0 Å². The monoisotopic (exact) mass is 273 g/mol. The molecule has 108 valence electrons. The highest BCUT2D eigenvalue weighted by atomic mass is 16.5.